The minimum Gasteiger partial charge on any atom is -0.348 e. The zero-order chi connectivity index (χ0) is 21.8. The van der Waals surface area contributed by atoms with E-state index >= 15 is 0 Å². The van der Waals surface area contributed by atoms with Crippen LogP contribution in [0.15, 0.2) is 48.5 Å². The Hall–Kier alpha value is -2.34. The predicted octanol–water partition coefficient (Wildman–Crippen LogP) is 4.19. The highest BCUT2D eigenvalue weighted by atomic mass is 32.2. The molecule has 2 aromatic carbocycles. The maximum atomic E-state index is 12.7. The maximum absolute atomic E-state index is 12.7. The lowest BCUT2D eigenvalue weighted by molar-refractivity contribution is -0.120. The van der Waals surface area contributed by atoms with Crippen LogP contribution in [0, 0.1) is 0 Å². The van der Waals surface area contributed by atoms with E-state index in [0.717, 1.165) is 17.4 Å². The van der Waals surface area contributed by atoms with E-state index in [1.807, 2.05) is 38.1 Å². The SMILES string of the molecule is CCc1ccccc1N(CC(=O)NC(C)c1ccc(C(C)(C)C)cc1)S(C)(=O)=O. The van der Waals surface area contributed by atoms with E-state index in [4.69, 9.17) is 0 Å². The van der Waals surface area contributed by atoms with Crippen LogP contribution in [0.2, 0.25) is 0 Å². The van der Waals surface area contributed by atoms with Crippen LogP contribution in [0.3, 0.4) is 0 Å². The molecule has 0 aromatic heterocycles. The minimum atomic E-state index is -3.60. The topological polar surface area (TPSA) is 66.5 Å². The van der Waals surface area contributed by atoms with Gasteiger partial charge in [0.15, 0.2) is 0 Å². The number of aryl methyl sites for hydroxylation is 1. The highest BCUT2D eigenvalue weighted by molar-refractivity contribution is 7.92. The average molecular weight is 417 g/mol. The Balaban J connectivity index is 2.16. The Morgan fingerprint density at radius 1 is 1.07 bits per heavy atom. The number of anilines is 1. The number of hydrogen-bond acceptors (Lipinski definition) is 3. The van der Waals surface area contributed by atoms with E-state index in [1.165, 1.54) is 9.87 Å². The second-order valence-corrected chi connectivity index (χ2v) is 10.3. The van der Waals surface area contributed by atoms with Crippen molar-refractivity contribution >= 4 is 21.6 Å². The summed E-state index contributed by atoms with van der Waals surface area (Å²) in [5.74, 6) is -0.339. The van der Waals surface area contributed by atoms with Crippen molar-refractivity contribution in [3.63, 3.8) is 0 Å². The number of rotatable bonds is 7. The van der Waals surface area contributed by atoms with Gasteiger partial charge in [-0.05, 0) is 41.5 Å². The molecule has 1 N–H and O–H groups in total. The second-order valence-electron chi connectivity index (χ2n) is 8.41. The van der Waals surface area contributed by atoms with Gasteiger partial charge in [0.2, 0.25) is 15.9 Å². The van der Waals surface area contributed by atoms with Gasteiger partial charge in [0.25, 0.3) is 0 Å². The minimum absolute atomic E-state index is 0.0632. The predicted molar refractivity (Wildman–Crippen MR) is 120 cm³/mol. The van der Waals surface area contributed by atoms with E-state index in [-0.39, 0.29) is 23.9 Å². The molecule has 0 aliphatic heterocycles. The van der Waals surface area contributed by atoms with Crippen molar-refractivity contribution in [1.82, 2.24) is 5.32 Å². The first-order valence-electron chi connectivity index (χ1n) is 9.89. The Bertz CT molecular complexity index is 945. The lowest BCUT2D eigenvalue weighted by Crippen LogP contribution is -2.41. The number of carbonyl (C=O) groups excluding carboxylic acids is 1. The van der Waals surface area contributed by atoms with Crippen molar-refractivity contribution in [1.29, 1.82) is 0 Å². The average Bonchev–Trinajstić information content (AvgIpc) is 2.64. The zero-order valence-corrected chi connectivity index (χ0v) is 19.0. The first-order valence-corrected chi connectivity index (χ1v) is 11.7. The Morgan fingerprint density at radius 3 is 2.17 bits per heavy atom. The van der Waals surface area contributed by atoms with Crippen LogP contribution < -0.4 is 9.62 Å². The zero-order valence-electron chi connectivity index (χ0n) is 18.2. The molecule has 1 unspecified atom stereocenters. The number of nitrogens with zero attached hydrogens (tertiary/aromatic N) is 1. The quantitative estimate of drug-likeness (QED) is 0.736. The number of amides is 1. The molecule has 0 fully saturated rings. The van der Waals surface area contributed by atoms with Crippen molar-refractivity contribution in [2.45, 2.75) is 52.5 Å². The van der Waals surface area contributed by atoms with Crippen molar-refractivity contribution in [2.75, 3.05) is 17.1 Å². The molecular weight excluding hydrogens is 384 g/mol. The number of nitrogens with one attached hydrogen (secondary N) is 1. The van der Waals surface area contributed by atoms with Gasteiger partial charge in [-0.3, -0.25) is 9.10 Å². The van der Waals surface area contributed by atoms with Gasteiger partial charge in [-0.25, -0.2) is 8.42 Å². The van der Waals surface area contributed by atoms with Crippen LogP contribution in [0.4, 0.5) is 5.69 Å². The molecule has 1 amide bonds. The highest BCUT2D eigenvalue weighted by Crippen LogP contribution is 2.25. The maximum Gasteiger partial charge on any atom is 0.241 e. The first kappa shape index (κ1) is 22.9. The van der Waals surface area contributed by atoms with Crippen molar-refractivity contribution < 1.29 is 13.2 Å². The Morgan fingerprint density at radius 2 is 1.66 bits per heavy atom. The summed E-state index contributed by atoms with van der Waals surface area (Å²) in [6.45, 7) is 10.1. The smallest absolute Gasteiger partial charge is 0.241 e. The van der Waals surface area contributed by atoms with Crippen molar-refractivity contribution in [3.05, 3.63) is 65.2 Å². The van der Waals surface area contributed by atoms with Gasteiger partial charge < -0.3 is 5.32 Å². The molecule has 5 nitrogen and oxygen atoms in total. The van der Waals surface area contributed by atoms with Crippen LogP contribution in [0.1, 0.15) is 57.4 Å². The number of hydrogen-bond donors (Lipinski definition) is 1. The summed E-state index contributed by atoms with van der Waals surface area (Å²) >= 11 is 0. The molecule has 6 heteroatoms. The number of sulfonamides is 1. The summed E-state index contributed by atoms with van der Waals surface area (Å²) < 4.78 is 25.9. The van der Waals surface area contributed by atoms with E-state index in [0.29, 0.717) is 12.1 Å². The number of para-hydroxylation sites is 1. The van der Waals surface area contributed by atoms with Gasteiger partial charge in [-0.2, -0.15) is 0 Å². The van der Waals surface area contributed by atoms with E-state index in [9.17, 15) is 13.2 Å². The fourth-order valence-electron chi connectivity index (χ4n) is 3.21. The van der Waals surface area contributed by atoms with Gasteiger partial charge in [-0.15, -0.1) is 0 Å². The molecule has 0 spiro atoms. The number of benzene rings is 2. The molecule has 0 radical (unpaired) electrons. The largest absolute Gasteiger partial charge is 0.348 e. The summed E-state index contributed by atoms with van der Waals surface area (Å²) in [6, 6.07) is 15.2. The van der Waals surface area contributed by atoms with Crippen molar-refractivity contribution in [2.24, 2.45) is 0 Å². The lowest BCUT2D eigenvalue weighted by Gasteiger charge is -2.25. The summed E-state index contributed by atoms with van der Waals surface area (Å²) in [7, 11) is -3.60. The van der Waals surface area contributed by atoms with Gasteiger partial charge in [0, 0.05) is 0 Å². The molecule has 0 aliphatic carbocycles. The molecule has 0 saturated heterocycles. The van der Waals surface area contributed by atoms with Crippen molar-refractivity contribution in [3.8, 4) is 0 Å². The third-order valence-corrected chi connectivity index (χ3v) is 6.11. The van der Waals surface area contributed by atoms with Gasteiger partial charge in [0.05, 0.1) is 18.0 Å². The standard InChI is InChI=1S/C23H32N2O3S/c1-7-18-10-8-9-11-21(18)25(29(6,27)28)16-22(26)24-17(2)19-12-14-20(15-13-19)23(3,4)5/h8-15,17H,7,16H2,1-6H3,(H,24,26). The van der Waals surface area contributed by atoms with Gasteiger partial charge in [-0.1, -0.05) is 70.2 Å². The van der Waals surface area contributed by atoms with Crippen LogP contribution in [-0.2, 0) is 26.7 Å². The molecule has 0 saturated carbocycles. The molecule has 2 rings (SSSR count). The Kier molecular flexibility index (Phi) is 7.11. The van der Waals surface area contributed by atoms with E-state index in [2.05, 4.69) is 38.2 Å². The molecule has 0 bridgehead atoms. The van der Waals surface area contributed by atoms with Crippen LogP contribution in [0.5, 0.6) is 0 Å². The number of carbonyl (C=O) groups is 1. The third-order valence-electron chi connectivity index (χ3n) is 4.98. The van der Waals surface area contributed by atoms with Gasteiger partial charge in [0.1, 0.15) is 6.54 Å². The molecule has 0 heterocycles. The van der Waals surface area contributed by atoms with Crippen LogP contribution in [0.25, 0.3) is 0 Å². The van der Waals surface area contributed by atoms with Gasteiger partial charge >= 0.3 is 0 Å². The second kappa shape index (κ2) is 8.99. The lowest BCUT2D eigenvalue weighted by atomic mass is 9.86. The van der Waals surface area contributed by atoms with Crippen LogP contribution >= 0.6 is 0 Å². The normalized spacial score (nSPS) is 13.0. The molecule has 29 heavy (non-hydrogen) atoms. The summed E-state index contributed by atoms with van der Waals surface area (Å²) in [4.78, 5) is 12.7. The molecule has 1 atom stereocenters. The molecule has 0 aliphatic rings. The monoisotopic (exact) mass is 416 g/mol. The molecule has 2 aromatic rings. The van der Waals surface area contributed by atoms with E-state index < -0.39 is 10.0 Å². The fraction of sp³-hybridized carbons (Fsp3) is 0.435. The van der Waals surface area contributed by atoms with E-state index in [1.54, 1.807) is 12.1 Å². The summed E-state index contributed by atoms with van der Waals surface area (Å²) in [6.07, 6.45) is 1.81. The van der Waals surface area contributed by atoms with Crippen LogP contribution in [-0.4, -0.2) is 27.1 Å². The third kappa shape index (κ3) is 6.07. The first-order chi connectivity index (χ1) is 13.4. The highest BCUT2D eigenvalue weighted by Gasteiger charge is 2.23. The molecule has 158 valence electrons. The molecular formula is C23H32N2O3S. The Labute approximate surface area is 175 Å². The summed E-state index contributed by atoms with van der Waals surface area (Å²) in [5, 5.41) is 2.92. The fourth-order valence-corrected chi connectivity index (χ4v) is 4.09. The summed E-state index contributed by atoms with van der Waals surface area (Å²) in [5.41, 5.74) is 3.70.